The van der Waals surface area contributed by atoms with Gasteiger partial charge in [-0.25, -0.2) is 0 Å². The van der Waals surface area contributed by atoms with E-state index < -0.39 is 0 Å². The van der Waals surface area contributed by atoms with Crippen molar-refractivity contribution >= 4 is 17.7 Å². The minimum atomic E-state index is -0.0554. The molecule has 1 aliphatic rings. The third-order valence-corrected chi connectivity index (χ3v) is 5.63. The third kappa shape index (κ3) is 4.00. The molecule has 1 unspecified atom stereocenters. The van der Waals surface area contributed by atoms with Crippen molar-refractivity contribution in [2.24, 2.45) is 5.73 Å². The molecular weight excluding hydrogens is 268 g/mol. The lowest BCUT2D eigenvalue weighted by molar-refractivity contribution is -0.121. The molecule has 1 atom stereocenters. The highest BCUT2D eigenvalue weighted by Crippen LogP contribution is 2.42. The van der Waals surface area contributed by atoms with E-state index in [1.54, 1.807) is 0 Å². The number of carbonyl (C=O) groups excluding carboxylic acids is 1. The van der Waals surface area contributed by atoms with Gasteiger partial charge in [-0.15, -0.1) is 0 Å². The lowest BCUT2D eigenvalue weighted by atomic mass is 9.84. The van der Waals surface area contributed by atoms with E-state index in [4.69, 9.17) is 5.73 Å². The second-order valence-electron chi connectivity index (χ2n) is 5.57. The van der Waals surface area contributed by atoms with Crippen molar-refractivity contribution in [1.82, 2.24) is 5.32 Å². The van der Waals surface area contributed by atoms with Gasteiger partial charge in [0, 0.05) is 23.8 Å². The summed E-state index contributed by atoms with van der Waals surface area (Å²) in [5.74, 6) is 0.122. The van der Waals surface area contributed by atoms with E-state index in [1.165, 1.54) is 19.3 Å². The van der Waals surface area contributed by atoms with Crippen LogP contribution in [-0.4, -0.2) is 23.5 Å². The van der Waals surface area contributed by atoms with Crippen LogP contribution in [0.4, 0.5) is 0 Å². The van der Waals surface area contributed by atoms with Gasteiger partial charge in [0.2, 0.25) is 5.91 Å². The number of amides is 1. The average Bonchev–Trinajstić information content (AvgIpc) is 2.45. The molecule has 0 heterocycles. The van der Waals surface area contributed by atoms with E-state index >= 15 is 0 Å². The van der Waals surface area contributed by atoms with Gasteiger partial charge in [-0.1, -0.05) is 36.8 Å². The molecule has 1 fully saturated rings. The quantitative estimate of drug-likeness (QED) is 0.812. The van der Waals surface area contributed by atoms with Crippen LogP contribution in [0, 0.1) is 0 Å². The number of benzene rings is 1. The van der Waals surface area contributed by atoms with Gasteiger partial charge in [0.25, 0.3) is 0 Å². The molecule has 1 aliphatic carbocycles. The topological polar surface area (TPSA) is 55.1 Å². The van der Waals surface area contributed by atoms with Crippen molar-refractivity contribution in [3.05, 3.63) is 35.9 Å². The molecule has 0 saturated heterocycles. The highest BCUT2D eigenvalue weighted by Gasteiger charge is 2.36. The van der Waals surface area contributed by atoms with Gasteiger partial charge in [-0.05, 0) is 31.1 Å². The van der Waals surface area contributed by atoms with E-state index in [0.29, 0.717) is 17.6 Å². The maximum Gasteiger partial charge on any atom is 0.220 e. The maximum atomic E-state index is 11.9. The van der Waals surface area contributed by atoms with Crippen molar-refractivity contribution in [1.29, 1.82) is 0 Å². The highest BCUT2D eigenvalue weighted by atomic mass is 32.2. The van der Waals surface area contributed by atoms with Crippen LogP contribution in [0.25, 0.3) is 0 Å². The normalized spacial score (nSPS) is 18.1. The Morgan fingerprint density at radius 3 is 2.65 bits per heavy atom. The van der Waals surface area contributed by atoms with E-state index in [0.717, 1.165) is 12.1 Å². The number of carbonyl (C=O) groups is 1. The van der Waals surface area contributed by atoms with Crippen molar-refractivity contribution in [3.8, 4) is 0 Å². The summed E-state index contributed by atoms with van der Waals surface area (Å²) < 4.78 is 0.303. The van der Waals surface area contributed by atoms with Gasteiger partial charge in [0.1, 0.15) is 0 Å². The molecule has 1 aromatic rings. The van der Waals surface area contributed by atoms with Gasteiger partial charge >= 0.3 is 0 Å². The van der Waals surface area contributed by atoms with Gasteiger partial charge in [0.05, 0.1) is 0 Å². The standard InChI is InChI=1S/C16H24N2OS/c1-20-16(10-5-11-16)12-18-15(19)9-8-14(17)13-6-3-2-4-7-13/h2-4,6-7,14H,5,8-12,17H2,1H3,(H,18,19). The molecule has 0 radical (unpaired) electrons. The molecule has 0 aromatic heterocycles. The first-order chi connectivity index (χ1) is 9.65. The summed E-state index contributed by atoms with van der Waals surface area (Å²) in [4.78, 5) is 11.9. The first-order valence-corrected chi connectivity index (χ1v) is 8.50. The van der Waals surface area contributed by atoms with Crippen LogP contribution >= 0.6 is 11.8 Å². The molecule has 0 aliphatic heterocycles. The largest absolute Gasteiger partial charge is 0.355 e. The van der Waals surface area contributed by atoms with Crippen molar-refractivity contribution in [2.45, 2.75) is 42.9 Å². The molecule has 3 nitrogen and oxygen atoms in total. The summed E-state index contributed by atoms with van der Waals surface area (Å²) >= 11 is 1.88. The Kier molecular flexibility index (Phi) is 5.49. The van der Waals surface area contributed by atoms with Gasteiger partial charge in [-0.2, -0.15) is 11.8 Å². The summed E-state index contributed by atoms with van der Waals surface area (Å²) in [6.07, 6.45) is 7.06. The Morgan fingerprint density at radius 1 is 1.40 bits per heavy atom. The first-order valence-electron chi connectivity index (χ1n) is 7.28. The van der Waals surface area contributed by atoms with Crippen LogP contribution in [0.15, 0.2) is 30.3 Å². The lowest BCUT2D eigenvalue weighted by Gasteiger charge is -2.40. The van der Waals surface area contributed by atoms with Crippen LogP contribution in [0.1, 0.15) is 43.7 Å². The number of rotatable bonds is 7. The molecule has 0 spiro atoms. The second kappa shape index (κ2) is 7.14. The predicted octanol–water partition coefficient (Wildman–Crippen LogP) is 2.87. The number of hydrogen-bond acceptors (Lipinski definition) is 3. The molecule has 110 valence electrons. The zero-order chi connectivity index (χ0) is 14.4. The Hall–Kier alpha value is -1.00. The Bertz CT molecular complexity index is 426. The number of nitrogens with two attached hydrogens (primary N) is 1. The summed E-state index contributed by atoms with van der Waals surface area (Å²) in [6, 6.07) is 9.91. The monoisotopic (exact) mass is 292 g/mol. The predicted molar refractivity (Wildman–Crippen MR) is 85.7 cm³/mol. The fraction of sp³-hybridized carbons (Fsp3) is 0.562. The molecule has 1 aromatic carbocycles. The highest BCUT2D eigenvalue weighted by molar-refractivity contribution is 8.00. The maximum absolute atomic E-state index is 11.9. The summed E-state index contributed by atoms with van der Waals surface area (Å²) in [5.41, 5.74) is 7.20. The van der Waals surface area contributed by atoms with Crippen LogP contribution in [0.2, 0.25) is 0 Å². The van der Waals surface area contributed by atoms with Crippen molar-refractivity contribution < 1.29 is 4.79 Å². The zero-order valence-electron chi connectivity index (χ0n) is 12.1. The van der Waals surface area contributed by atoms with Crippen molar-refractivity contribution in [3.63, 3.8) is 0 Å². The van der Waals surface area contributed by atoms with Crippen LogP contribution in [-0.2, 0) is 4.79 Å². The fourth-order valence-corrected chi connectivity index (χ4v) is 3.44. The van der Waals surface area contributed by atoms with E-state index in [1.807, 2.05) is 42.1 Å². The van der Waals surface area contributed by atoms with E-state index in [9.17, 15) is 4.79 Å². The summed E-state index contributed by atoms with van der Waals surface area (Å²) in [6.45, 7) is 0.799. The molecule has 20 heavy (non-hydrogen) atoms. The Labute approximate surface area is 125 Å². The Morgan fingerprint density at radius 2 is 2.10 bits per heavy atom. The minimum absolute atomic E-state index is 0.0554. The fourth-order valence-electron chi connectivity index (χ4n) is 2.53. The smallest absolute Gasteiger partial charge is 0.220 e. The van der Waals surface area contributed by atoms with E-state index in [2.05, 4.69) is 11.6 Å². The first kappa shape index (κ1) is 15.4. The summed E-state index contributed by atoms with van der Waals surface area (Å²) in [7, 11) is 0. The zero-order valence-corrected chi connectivity index (χ0v) is 12.9. The average molecular weight is 292 g/mol. The molecular formula is C16H24N2OS. The second-order valence-corrected chi connectivity index (χ2v) is 6.85. The number of nitrogens with one attached hydrogen (secondary N) is 1. The van der Waals surface area contributed by atoms with Crippen LogP contribution in [0.3, 0.4) is 0 Å². The van der Waals surface area contributed by atoms with E-state index in [-0.39, 0.29) is 11.9 Å². The van der Waals surface area contributed by atoms with Crippen LogP contribution < -0.4 is 11.1 Å². The molecule has 3 N–H and O–H groups in total. The van der Waals surface area contributed by atoms with Gasteiger partial charge < -0.3 is 11.1 Å². The lowest BCUT2D eigenvalue weighted by Crippen LogP contribution is -2.45. The minimum Gasteiger partial charge on any atom is -0.355 e. The van der Waals surface area contributed by atoms with Gasteiger partial charge in [0.15, 0.2) is 0 Å². The molecule has 4 heteroatoms. The van der Waals surface area contributed by atoms with Crippen molar-refractivity contribution in [2.75, 3.05) is 12.8 Å². The summed E-state index contributed by atoms with van der Waals surface area (Å²) in [5, 5.41) is 3.07. The number of hydrogen-bond donors (Lipinski definition) is 2. The molecule has 1 amide bonds. The number of thioether (sulfide) groups is 1. The molecule has 0 bridgehead atoms. The van der Waals surface area contributed by atoms with Gasteiger partial charge in [-0.3, -0.25) is 4.79 Å². The third-order valence-electron chi connectivity index (χ3n) is 4.22. The SMILES string of the molecule is CSC1(CNC(=O)CCC(N)c2ccccc2)CCC1. The molecule has 1 saturated carbocycles. The van der Waals surface area contributed by atoms with Crippen LogP contribution in [0.5, 0.6) is 0 Å². The molecule has 2 rings (SSSR count). The Balaban J connectivity index is 1.70.